The van der Waals surface area contributed by atoms with Crippen molar-refractivity contribution in [2.75, 3.05) is 0 Å². The van der Waals surface area contributed by atoms with Crippen molar-refractivity contribution >= 4 is 11.0 Å². The zero-order chi connectivity index (χ0) is 9.59. The lowest BCUT2D eigenvalue weighted by Gasteiger charge is -2.00. The number of aromatic nitrogens is 2. The first-order valence-electron chi connectivity index (χ1n) is 4.21. The highest BCUT2D eigenvalue weighted by atomic mass is 19.1. The summed E-state index contributed by atoms with van der Waals surface area (Å²) < 4.78 is 13.6. The molecule has 0 saturated carbocycles. The number of aromatic amines is 1. The molecule has 0 fully saturated rings. The lowest BCUT2D eigenvalue weighted by molar-refractivity contribution is 0.626. The van der Waals surface area contributed by atoms with Gasteiger partial charge in [-0.2, -0.15) is 0 Å². The maximum absolute atomic E-state index is 13.6. The van der Waals surface area contributed by atoms with E-state index in [2.05, 4.69) is 9.97 Å². The van der Waals surface area contributed by atoms with E-state index >= 15 is 0 Å². The van der Waals surface area contributed by atoms with Crippen LogP contribution in [0.3, 0.4) is 0 Å². The first kappa shape index (κ1) is 8.23. The second kappa shape index (κ2) is 2.55. The SMILES string of the molecule is Cc1nc2c(F)c(C)c(C)cc2[nH]1. The number of fused-ring (bicyclic) bond motifs is 1. The van der Waals surface area contributed by atoms with Gasteiger partial charge in [-0.15, -0.1) is 0 Å². The van der Waals surface area contributed by atoms with Gasteiger partial charge in [0.2, 0.25) is 0 Å². The van der Waals surface area contributed by atoms with Gasteiger partial charge >= 0.3 is 0 Å². The van der Waals surface area contributed by atoms with Crippen LogP contribution in [0.25, 0.3) is 11.0 Å². The van der Waals surface area contributed by atoms with Crippen molar-refractivity contribution in [3.63, 3.8) is 0 Å². The smallest absolute Gasteiger partial charge is 0.154 e. The molecule has 68 valence electrons. The average Bonchev–Trinajstić information content (AvgIpc) is 2.42. The van der Waals surface area contributed by atoms with Crippen molar-refractivity contribution in [3.8, 4) is 0 Å². The van der Waals surface area contributed by atoms with Crippen LogP contribution in [0, 0.1) is 26.6 Å². The predicted octanol–water partition coefficient (Wildman–Crippen LogP) is 2.63. The molecule has 1 N–H and O–H groups in total. The highest BCUT2D eigenvalue weighted by molar-refractivity contribution is 5.77. The molecule has 1 heterocycles. The van der Waals surface area contributed by atoms with E-state index in [0.717, 1.165) is 16.9 Å². The third-order valence-corrected chi connectivity index (χ3v) is 2.34. The Balaban J connectivity index is 2.92. The molecule has 3 heteroatoms. The summed E-state index contributed by atoms with van der Waals surface area (Å²) in [5.41, 5.74) is 2.85. The fourth-order valence-corrected chi connectivity index (χ4v) is 1.46. The summed E-state index contributed by atoms with van der Waals surface area (Å²) >= 11 is 0. The topological polar surface area (TPSA) is 28.7 Å². The Morgan fingerprint density at radius 1 is 1.31 bits per heavy atom. The molecule has 0 saturated heterocycles. The molecule has 0 unspecified atom stereocenters. The van der Waals surface area contributed by atoms with E-state index in [1.54, 1.807) is 6.92 Å². The minimum atomic E-state index is -0.209. The van der Waals surface area contributed by atoms with Crippen LogP contribution in [-0.2, 0) is 0 Å². The minimum absolute atomic E-state index is 0.209. The maximum atomic E-state index is 13.6. The maximum Gasteiger partial charge on any atom is 0.154 e. The summed E-state index contributed by atoms with van der Waals surface area (Å²) in [5, 5.41) is 0. The third-order valence-electron chi connectivity index (χ3n) is 2.34. The highest BCUT2D eigenvalue weighted by Crippen LogP contribution is 2.21. The molecule has 1 aromatic carbocycles. The van der Waals surface area contributed by atoms with Gasteiger partial charge in [0.05, 0.1) is 5.52 Å². The van der Waals surface area contributed by atoms with Crippen LogP contribution in [-0.4, -0.2) is 9.97 Å². The van der Waals surface area contributed by atoms with Crippen LogP contribution in [0.2, 0.25) is 0 Å². The standard InChI is InChI=1S/C10H11FN2/c1-5-4-8-10(9(11)6(5)2)13-7(3)12-8/h4H,1-3H3,(H,12,13). The van der Waals surface area contributed by atoms with Crippen molar-refractivity contribution in [3.05, 3.63) is 28.8 Å². The molecule has 0 atom stereocenters. The molecule has 0 spiro atoms. The Morgan fingerprint density at radius 2 is 2.00 bits per heavy atom. The average molecular weight is 178 g/mol. The molecule has 0 aliphatic rings. The molecule has 0 amide bonds. The zero-order valence-corrected chi connectivity index (χ0v) is 7.90. The first-order chi connectivity index (χ1) is 6.09. The monoisotopic (exact) mass is 178 g/mol. The molecule has 0 aliphatic carbocycles. The number of hydrogen-bond donors (Lipinski definition) is 1. The minimum Gasteiger partial charge on any atom is -0.342 e. The first-order valence-corrected chi connectivity index (χ1v) is 4.21. The van der Waals surface area contributed by atoms with Crippen LogP contribution in [0.1, 0.15) is 17.0 Å². The number of rotatable bonds is 0. The van der Waals surface area contributed by atoms with Crippen molar-refractivity contribution < 1.29 is 4.39 Å². The molecule has 2 aromatic rings. The summed E-state index contributed by atoms with van der Waals surface area (Å²) in [6, 6.07) is 1.92. The van der Waals surface area contributed by atoms with E-state index in [4.69, 9.17) is 0 Å². The number of hydrogen-bond acceptors (Lipinski definition) is 1. The Kier molecular flexibility index (Phi) is 1.62. The van der Waals surface area contributed by atoms with Gasteiger partial charge in [-0.25, -0.2) is 9.37 Å². The van der Waals surface area contributed by atoms with Crippen LogP contribution < -0.4 is 0 Å². The van der Waals surface area contributed by atoms with Gasteiger partial charge in [0.1, 0.15) is 11.3 Å². The van der Waals surface area contributed by atoms with Crippen molar-refractivity contribution in [2.45, 2.75) is 20.8 Å². The van der Waals surface area contributed by atoms with Gasteiger partial charge in [0.15, 0.2) is 5.82 Å². The molecule has 0 bridgehead atoms. The van der Waals surface area contributed by atoms with Gasteiger partial charge in [0, 0.05) is 0 Å². The van der Waals surface area contributed by atoms with E-state index in [-0.39, 0.29) is 5.82 Å². The molecular formula is C10H11FN2. The van der Waals surface area contributed by atoms with Crippen molar-refractivity contribution in [1.29, 1.82) is 0 Å². The van der Waals surface area contributed by atoms with E-state index in [1.807, 2.05) is 19.9 Å². The lowest BCUT2D eigenvalue weighted by atomic mass is 10.1. The molecule has 0 aliphatic heterocycles. The Morgan fingerprint density at radius 3 is 2.69 bits per heavy atom. The molecule has 0 radical (unpaired) electrons. The van der Waals surface area contributed by atoms with Crippen molar-refractivity contribution in [1.82, 2.24) is 9.97 Å². The fraction of sp³-hybridized carbons (Fsp3) is 0.300. The highest BCUT2D eigenvalue weighted by Gasteiger charge is 2.10. The van der Waals surface area contributed by atoms with Crippen molar-refractivity contribution in [2.24, 2.45) is 0 Å². The van der Waals surface area contributed by atoms with Gasteiger partial charge in [0.25, 0.3) is 0 Å². The summed E-state index contributed by atoms with van der Waals surface area (Å²) in [6.07, 6.45) is 0. The normalized spacial score (nSPS) is 11.1. The van der Waals surface area contributed by atoms with Crippen LogP contribution in [0.5, 0.6) is 0 Å². The fourth-order valence-electron chi connectivity index (χ4n) is 1.46. The number of aryl methyl sites for hydroxylation is 2. The molecule has 1 aromatic heterocycles. The number of imidazole rings is 1. The summed E-state index contributed by atoms with van der Waals surface area (Å²) in [5.74, 6) is 0.540. The van der Waals surface area contributed by atoms with Crippen LogP contribution in [0.4, 0.5) is 4.39 Å². The van der Waals surface area contributed by atoms with Gasteiger partial charge in [-0.3, -0.25) is 0 Å². The summed E-state index contributed by atoms with van der Waals surface area (Å²) in [4.78, 5) is 7.10. The van der Waals surface area contributed by atoms with E-state index in [0.29, 0.717) is 11.1 Å². The second-order valence-electron chi connectivity index (χ2n) is 3.35. The van der Waals surface area contributed by atoms with E-state index < -0.39 is 0 Å². The lowest BCUT2D eigenvalue weighted by Crippen LogP contribution is -1.88. The summed E-state index contributed by atoms with van der Waals surface area (Å²) in [6.45, 7) is 5.49. The number of halogens is 1. The van der Waals surface area contributed by atoms with Gasteiger partial charge in [-0.1, -0.05) is 0 Å². The van der Waals surface area contributed by atoms with Crippen LogP contribution in [0.15, 0.2) is 6.07 Å². The quantitative estimate of drug-likeness (QED) is 0.660. The largest absolute Gasteiger partial charge is 0.342 e. The van der Waals surface area contributed by atoms with E-state index in [1.165, 1.54) is 0 Å². The molecule has 13 heavy (non-hydrogen) atoms. The number of H-pyrrole nitrogens is 1. The predicted molar refractivity (Wildman–Crippen MR) is 50.3 cm³/mol. The Labute approximate surface area is 75.8 Å². The number of nitrogens with zero attached hydrogens (tertiary/aromatic N) is 1. The Hall–Kier alpha value is -1.38. The van der Waals surface area contributed by atoms with E-state index in [9.17, 15) is 4.39 Å². The summed E-state index contributed by atoms with van der Waals surface area (Å²) in [7, 11) is 0. The Bertz CT molecular complexity index is 471. The van der Waals surface area contributed by atoms with Gasteiger partial charge < -0.3 is 4.98 Å². The third kappa shape index (κ3) is 1.11. The molecular weight excluding hydrogens is 167 g/mol. The number of benzene rings is 1. The molecule has 2 nitrogen and oxygen atoms in total. The second-order valence-corrected chi connectivity index (χ2v) is 3.35. The van der Waals surface area contributed by atoms with Crippen LogP contribution >= 0.6 is 0 Å². The number of nitrogens with one attached hydrogen (secondary N) is 1. The van der Waals surface area contributed by atoms with Gasteiger partial charge in [-0.05, 0) is 38.0 Å². The zero-order valence-electron chi connectivity index (χ0n) is 7.90. The molecule has 2 rings (SSSR count).